The van der Waals surface area contributed by atoms with Crippen LogP contribution in [0.1, 0.15) is 34.1 Å². The molecule has 0 fully saturated rings. The second kappa shape index (κ2) is 4.95. The molecule has 3 nitrogen and oxygen atoms in total. The van der Waals surface area contributed by atoms with Gasteiger partial charge in [-0.2, -0.15) is 0 Å². The van der Waals surface area contributed by atoms with Crippen LogP contribution in [-0.4, -0.2) is 37.3 Å². The van der Waals surface area contributed by atoms with Gasteiger partial charge in [-0.05, 0) is 25.1 Å². The zero-order valence-electron chi connectivity index (χ0n) is 10.9. The minimum Gasteiger partial charge on any atom is -0.417 e. The average Bonchev–Trinajstić information content (AvgIpc) is 2.01. The molecule has 15 heavy (non-hydrogen) atoms. The van der Waals surface area contributed by atoms with Crippen LogP contribution in [0.5, 0.6) is 0 Å². The average molecular weight is 234 g/mol. The molecule has 0 saturated carbocycles. The summed E-state index contributed by atoms with van der Waals surface area (Å²) in [5.41, 5.74) is -1.01. The first-order valence-corrected chi connectivity index (χ1v) is 8.40. The molecule has 0 spiro atoms. The summed E-state index contributed by atoms with van der Waals surface area (Å²) < 4.78 is 5.90. The third-order valence-corrected chi connectivity index (χ3v) is 7.79. The highest BCUT2D eigenvalue weighted by molar-refractivity contribution is 6.74. The van der Waals surface area contributed by atoms with Crippen molar-refractivity contribution < 1.29 is 14.6 Å². The summed E-state index contributed by atoms with van der Waals surface area (Å²) in [6, 6.07) is 0. The quantitative estimate of drug-likeness (QED) is 0.717. The fourth-order valence-electron chi connectivity index (χ4n) is 0.822. The molecule has 0 aromatic heterocycles. The third kappa shape index (κ3) is 5.11. The van der Waals surface area contributed by atoms with Crippen LogP contribution < -0.4 is 0 Å². The molecule has 0 saturated heterocycles. The van der Waals surface area contributed by atoms with Crippen LogP contribution in [0.25, 0.3) is 0 Å². The number of rotatable bonds is 5. The van der Waals surface area contributed by atoms with Crippen LogP contribution in [0.3, 0.4) is 0 Å². The Hall–Kier alpha value is 0.0969. The van der Waals surface area contributed by atoms with Crippen molar-refractivity contribution in [3.63, 3.8) is 0 Å². The van der Waals surface area contributed by atoms with Gasteiger partial charge in [0.1, 0.15) is 0 Å². The molecule has 0 rings (SSSR count). The Morgan fingerprint density at radius 3 is 1.93 bits per heavy atom. The van der Waals surface area contributed by atoms with Crippen LogP contribution in [0, 0.1) is 0 Å². The third-order valence-electron chi connectivity index (χ3n) is 3.25. The van der Waals surface area contributed by atoms with E-state index in [2.05, 4.69) is 33.9 Å². The Labute approximate surface area is 94.6 Å². The van der Waals surface area contributed by atoms with E-state index in [1.165, 1.54) is 0 Å². The van der Waals surface area contributed by atoms with Gasteiger partial charge in [-0.3, -0.25) is 0 Å². The van der Waals surface area contributed by atoms with E-state index in [1.54, 1.807) is 6.92 Å². The Balaban J connectivity index is 4.07. The maximum absolute atomic E-state index is 9.61. The summed E-state index contributed by atoms with van der Waals surface area (Å²) in [4.78, 5) is 0. The molecule has 4 heteroatoms. The molecule has 0 aliphatic heterocycles. The molecule has 92 valence electrons. The fraction of sp³-hybridized carbons (Fsp3) is 1.00. The highest BCUT2D eigenvalue weighted by Crippen LogP contribution is 2.36. The second-order valence-electron chi connectivity index (χ2n) is 6.01. The van der Waals surface area contributed by atoms with Crippen molar-refractivity contribution in [1.82, 2.24) is 0 Å². The Bertz CT molecular complexity index is 194. The molecule has 0 aliphatic rings. The maximum atomic E-state index is 9.61. The molecule has 1 unspecified atom stereocenters. The molecule has 0 heterocycles. The minimum absolute atomic E-state index is 0.193. The van der Waals surface area contributed by atoms with E-state index in [0.717, 1.165) is 0 Å². The van der Waals surface area contributed by atoms with Crippen LogP contribution in [0.15, 0.2) is 0 Å². The topological polar surface area (TPSA) is 49.7 Å². The fourth-order valence-corrected chi connectivity index (χ4v) is 1.87. The first kappa shape index (κ1) is 15.1. The Morgan fingerprint density at radius 1 is 1.13 bits per heavy atom. The molecule has 0 aromatic carbocycles. The summed E-state index contributed by atoms with van der Waals surface area (Å²) in [6.45, 7) is 12.8. The number of aliphatic hydroxyl groups excluding tert-OH is 1. The predicted molar refractivity (Wildman–Crippen MR) is 65.5 cm³/mol. The lowest BCUT2D eigenvalue weighted by molar-refractivity contribution is -0.0150. The van der Waals surface area contributed by atoms with Gasteiger partial charge in [0, 0.05) is 13.0 Å². The lowest BCUT2D eigenvalue weighted by Crippen LogP contribution is -2.42. The maximum Gasteiger partial charge on any atom is 0.191 e. The van der Waals surface area contributed by atoms with Crippen LogP contribution in [-0.2, 0) is 4.43 Å². The van der Waals surface area contributed by atoms with E-state index in [0.29, 0.717) is 13.0 Å². The summed E-state index contributed by atoms with van der Waals surface area (Å²) in [5, 5.41) is 18.7. The van der Waals surface area contributed by atoms with Crippen molar-refractivity contribution in [1.29, 1.82) is 0 Å². The smallest absolute Gasteiger partial charge is 0.191 e. The normalized spacial score (nSPS) is 17.6. The van der Waals surface area contributed by atoms with E-state index >= 15 is 0 Å². The van der Waals surface area contributed by atoms with Crippen molar-refractivity contribution in [2.75, 3.05) is 13.2 Å². The highest BCUT2D eigenvalue weighted by Gasteiger charge is 2.37. The van der Waals surface area contributed by atoms with E-state index in [-0.39, 0.29) is 11.6 Å². The summed E-state index contributed by atoms with van der Waals surface area (Å²) in [6.07, 6.45) is 0.482. The molecule has 2 N–H and O–H groups in total. The lowest BCUT2D eigenvalue weighted by Gasteiger charge is -2.36. The van der Waals surface area contributed by atoms with Gasteiger partial charge >= 0.3 is 0 Å². The van der Waals surface area contributed by atoms with E-state index in [4.69, 9.17) is 9.53 Å². The van der Waals surface area contributed by atoms with Gasteiger partial charge in [0.15, 0.2) is 8.32 Å². The van der Waals surface area contributed by atoms with Crippen molar-refractivity contribution in [3.8, 4) is 0 Å². The predicted octanol–water partition coefficient (Wildman–Crippen LogP) is 2.14. The zero-order valence-corrected chi connectivity index (χ0v) is 11.9. The van der Waals surface area contributed by atoms with E-state index in [9.17, 15) is 5.11 Å². The largest absolute Gasteiger partial charge is 0.417 e. The van der Waals surface area contributed by atoms with Gasteiger partial charge in [0.25, 0.3) is 0 Å². The lowest BCUT2D eigenvalue weighted by atomic mass is 10.1. The molecule has 0 aliphatic carbocycles. The highest BCUT2D eigenvalue weighted by atomic mass is 28.4. The van der Waals surface area contributed by atoms with Crippen LogP contribution in [0.2, 0.25) is 18.1 Å². The minimum atomic E-state index is -1.71. The zero-order chi connectivity index (χ0) is 12.3. The van der Waals surface area contributed by atoms with Gasteiger partial charge in [-0.25, -0.2) is 0 Å². The SMILES string of the molecule is CC(O)(CO)CCO[Si](C)(C)C(C)(C)C. The first-order valence-electron chi connectivity index (χ1n) is 5.49. The van der Waals surface area contributed by atoms with Crippen molar-refractivity contribution in [2.24, 2.45) is 0 Å². The van der Waals surface area contributed by atoms with E-state index < -0.39 is 13.9 Å². The van der Waals surface area contributed by atoms with E-state index in [1.807, 2.05) is 0 Å². The molecule has 0 radical (unpaired) electrons. The summed E-state index contributed by atoms with van der Waals surface area (Å²) in [7, 11) is -1.71. The van der Waals surface area contributed by atoms with Crippen molar-refractivity contribution in [2.45, 2.75) is 57.8 Å². The van der Waals surface area contributed by atoms with Gasteiger partial charge in [0.05, 0.1) is 12.2 Å². The van der Waals surface area contributed by atoms with Gasteiger partial charge in [0.2, 0.25) is 0 Å². The number of hydrogen-bond acceptors (Lipinski definition) is 3. The summed E-state index contributed by atoms with van der Waals surface area (Å²) >= 11 is 0. The molecule has 0 amide bonds. The Kier molecular flexibility index (Phi) is 4.98. The molecular weight excluding hydrogens is 208 g/mol. The van der Waals surface area contributed by atoms with Gasteiger partial charge in [-0.15, -0.1) is 0 Å². The molecule has 1 atom stereocenters. The monoisotopic (exact) mass is 234 g/mol. The van der Waals surface area contributed by atoms with Crippen molar-refractivity contribution >= 4 is 8.32 Å². The Morgan fingerprint density at radius 2 is 1.60 bits per heavy atom. The molecule has 0 bridgehead atoms. The van der Waals surface area contributed by atoms with Gasteiger partial charge < -0.3 is 14.6 Å². The summed E-state index contributed by atoms with van der Waals surface area (Å²) in [5.74, 6) is 0. The van der Waals surface area contributed by atoms with Crippen molar-refractivity contribution in [3.05, 3.63) is 0 Å². The van der Waals surface area contributed by atoms with Crippen LogP contribution in [0.4, 0.5) is 0 Å². The number of hydrogen-bond donors (Lipinski definition) is 2. The van der Waals surface area contributed by atoms with Gasteiger partial charge in [-0.1, -0.05) is 20.8 Å². The molecule has 0 aromatic rings. The second-order valence-corrected chi connectivity index (χ2v) is 10.8. The standard InChI is InChI=1S/C11H26O3Si/c1-10(2,3)15(5,6)14-8-7-11(4,13)9-12/h12-13H,7-9H2,1-6H3. The number of aliphatic hydroxyl groups is 2. The van der Waals surface area contributed by atoms with Crippen LogP contribution >= 0.6 is 0 Å². The first-order chi connectivity index (χ1) is 6.52. The molecular formula is C11H26O3Si.